The van der Waals surface area contributed by atoms with Crippen LogP contribution in [0.3, 0.4) is 0 Å². The summed E-state index contributed by atoms with van der Waals surface area (Å²) in [5.41, 5.74) is 4.59. The van der Waals surface area contributed by atoms with Crippen LogP contribution in [-0.4, -0.2) is 44.4 Å². The molecule has 6 nitrogen and oxygen atoms in total. The fourth-order valence-electron chi connectivity index (χ4n) is 3.36. The molecule has 0 fully saturated rings. The minimum atomic E-state index is -0.217. The summed E-state index contributed by atoms with van der Waals surface area (Å²) in [7, 11) is 1.59. The van der Waals surface area contributed by atoms with Crippen LogP contribution in [0.1, 0.15) is 23.8 Å². The van der Waals surface area contributed by atoms with Crippen molar-refractivity contribution in [3.63, 3.8) is 0 Å². The zero-order valence-corrected chi connectivity index (χ0v) is 16.5. The van der Waals surface area contributed by atoms with Gasteiger partial charge in [-0.15, -0.1) is 0 Å². The van der Waals surface area contributed by atoms with Crippen molar-refractivity contribution < 1.29 is 20.1 Å². The molecular weight excluding hydrogens is 361 g/mol. The topological polar surface area (TPSA) is 63.7 Å². The first-order valence-corrected chi connectivity index (χ1v) is 9.35. The van der Waals surface area contributed by atoms with E-state index in [0.29, 0.717) is 25.4 Å². The lowest BCUT2D eigenvalue weighted by Gasteiger charge is -2.30. The number of nitrogens with zero attached hydrogens (tertiary/aromatic N) is 2. The molecular formula is C21H28FN3O3. The molecule has 3 rings (SSSR count). The van der Waals surface area contributed by atoms with Crippen molar-refractivity contribution in [3.05, 3.63) is 52.5 Å². The predicted molar refractivity (Wildman–Crippen MR) is 108 cm³/mol. The highest BCUT2D eigenvalue weighted by Gasteiger charge is 2.20. The van der Waals surface area contributed by atoms with Crippen molar-refractivity contribution in [1.29, 1.82) is 0 Å². The van der Waals surface area contributed by atoms with E-state index in [1.54, 1.807) is 13.2 Å². The normalized spacial score (nSPS) is 13.4. The van der Waals surface area contributed by atoms with Gasteiger partial charge in [-0.2, -0.15) is 0 Å². The second-order valence-electron chi connectivity index (χ2n) is 6.94. The average Bonchev–Trinajstić information content (AvgIpc) is 2.67. The van der Waals surface area contributed by atoms with Gasteiger partial charge in [-0.1, -0.05) is 6.07 Å². The van der Waals surface area contributed by atoms with Gasteiger partial charge in [0.2, 0.25) is 5.91 Å². The molecule has 2 aromatic rings. The third-order valence-corrected chi connectivity index (χ3v) is 4.82. The number of aryl methyl sites for hydroxylation is 2. The summed E-state index contributed by atoms with van der Waals surface area (Å²) in [5, 5.41) is 2.88. The Balaban J connectivity index is 0.00000300. The van der Waals surface area contributed by atoms with Crippen molar-refractivity contribution >= 4 is 17.4 Å². The number of fused-ring (bicyclic) bond motifs is 1. The SMILES string of the molecule is COCCOCC(=O)Nc1c(C)cc(N2CCc3cc(F)ccc3C2)nc1C.[HH]. The molecule has 152 valence electrons. The van der Waals surface area contributed by atoms with Crippen LogP contribution in [0.4, 0.5) is 15.9 Å². The number of rotatable bonds is 7. The average molecular weight is 389 g/mol. The molecule has 0 radical (unpaired) electrons. The molecule has 1 aliphatic rings. The summed E-state index contributed by atoms with van der Waals surface area (Å²) < 4.78 is 23.6. The smallest absolute Gasteiger partial charge is 0.250 e. The van der Waals surface area contributed by atoms with Crippen molar-refractivity contribution in [2.24, 2.45) is 0 Å². The first kappa shape index (κ1) is 20.2. The standard InChI is InChI=1S/C21H26FN3O3.H2/c1-14-10-19(25-7-6-16-11-18(22)5-4-17(16)12-25)23-15(2)21(14)24-20(26)13-28-9-8-27-3;/h4-5,10-11H,6-9,12-13H2,1-3H3,(H,24,26);1H. The van der Waals surface area contributed by atoms with E-state index in [9.17, 15) is 9.18 Å². The molecule has 0 unspecified atom stereocenters. The molecule has 0 atom stereocenters. The lowest BCUT2D eigenvalue weighted by atomic mass is 9.99. The number of methoxy groups -OCH3 is 1. The highest BCUT2D eigenvalue weighted by molar-refractivity contribution is 5.93. The quantitative estimate of drug-likeness (QED) is 0.737. The number of halogens is 1. The van der Waals surface area contributed by atoms with Crippen molar-refractivity contribution in [2.45, 2.75) is 26.8 Å². The first-order valence-electron chi connectivity index (χ1n) is 9.35. The van der Waals surface area contributed by atoms with Crippen molar-refractivity contribution in [3.8, 4) is 0 Å². The van der Waals surface area contributed by atoms with Gasteiger partial charge in [0.1, 0.15) is 18.2 Å². The second kappa shape index (κ2) is 9.12. The molecule has 0 bridgehead atoms. The van der Waals surface area contributed by atoms with Crippen LogP contribution in [-0.2, 0) is 27.2 Å². The maximum absolute atomic E-state index is 13.4. The van der Waals surface area contributed by atoms with Gasteiger partial charge in [0.05, 0.1) is 24.6 Å². The van der Waals surface area contributed by atoms with Gasteiger partial charge < -0.3 is 19.7 Å². The maximum Gasteiger partial charge on any atom is 0.250 e. The molecule has 1 N–H and O–H groups in total. The molecule has 0 saturated heterocycles. The molecule has 1 aromatic carbocycles. The molecule has 0 spiro atoms. The fourth-order valence-corrected chi connectivity index (χ4v) is 3.36. The zero-order valence-electron chi connectivity index (χ0n) is 16.5. The van der Waals surface area contributed by atoms with Crippen LogP contribution in [0, 0.1) is 19.7 Å². The van der Waals surface area contributed by atoms with E-state index in [1.165, 1.54) is 6.07 Å². The molecule has 7 heteroatoms. The Morgan fingerprint density at radius 1 is 1.29 bits per heavy atom. The van der Waals surface area contributed by atoms with Gasteiger partial charge in [0.25, 0.3) is 0 Å². The molecule has 2 heterocycles. The Bertz CT molecular complexity index is 840. The number of nitrogens with one attached hydrogen (secondary N) is 1. The molecule has 1 amide bonds. The highest BCUT2D eigenvalue weighted by Crippen LogP contribution is 2.28. The molecule has 1 aromatic heterocycles. The van der Waals surface area contributed by atoms with Crippen molar-refractivity contribution in [2.75, 3.05) is 43.7 Å². The van der Waals surface area contributed by atoms with Crippen LogP contribution in [0.25, 0.3) is 0 Å². The summed E-state index contributed by atoms with van der Waals surface area (Å²) in [6.45, 7) is 6.11. The van der Waals surface area contributed by atoms with E-state index in [-0.39, 0.29) is 19.8 Å². The second-order valence-corrected chi connectivity index (χ2v) is 6.94. The largest absolute Gasteiger partial charge is 0.382 e. The summed E-state index contributed by atoms with van der Waals surface area (Å²) >= 11 is 0. The highest BCUT2D eigenvalue weighted by atomic mass is 19.1. The van der Waals surface area contributed by atoms with E-state index in [4.69, 9.17) is 9.47 Å². The molecule has 0 saturated carbocycles. The molecule has 0 aliphatic carbocycles. The predicted octanol–water partition coefficient (Wildman–Crippen LogP) is 3.25. The Kier molecular flexibility index (Phi) is 6.59. The third kappa shape index (κ3) is 4.85. The molecule has 28 heavy (non-hydrogen) atoms. The lowest BCUT2D eigenvalue weighted by Crippen LogP contribution is -2.31. The van der Waals surface area contributed by atoms with Gasteiger partial charge in [-0.3, -0.25) is 4.79 Å². The minimum absolute atomic E-state index is 0. The fraction of sp³-hybridized carbons (Fsp3) is 0.429. The van der Waals surface area contributed by atoms with Gasteiger partial charge in [-0.05, 0) is 55.2 Å². The third-order valence-electron chi connectivity index (χ3n) is 4.82. The van der Waals surface area contributed by atoms with Gasteiger partial charge in [-0.25, -0.2) is 9.37 Å². The van der Waals surface area contributed by atoms with E-state index in [0.717, 1.165) is 41.2 Å². The first-order chi connectivity index (χ1) is 13.5. The summed E-state index contributed by atoms with van der Waals surface area (Å²) in [4.78, 5) is 19.0. The number of anilines is 2. The monoisotopic (exact) mass is 389 g/mol. The zero-order chi connectivity index (χ0) is 20.1. The number of hydrogen-bond acceptors (Lipinski definition) is 5. The van der Waals surface area contributed by atoms with Crippen LogP contribution in [0.2, 0.25) is 0 Å². The van der Waals surface area contributed by atoms with E-state index in [2.05, 4.69) is 15.2 Å². The Labute approximate surface area is 166 Å². The number of amides is 1. The van der Waals surface area contributed by atoms with Crippen LogP contribution in [0.5, 0.6) is 0 Å². The van der Waals surface area contributed by atoms with E-state index in [1.807, 2.05) is 26.0 Å². The Hall–Kier alpha value is -2.51. The number of benzene rings is 1. The number of carbonyl (C=O) groups excluding carboxylic acids is 1. The lowest BCUT2D eigenvalue weighted by molar-refractivity contribution is -0.121. The number of aromatic nitrogens is 1. The minimum Gasteiger partial charge on any atom is -0.382 e. The van der Waals surface area contributed by atoms with Gasteiger partial charge in [0, 0.05) is 21.6 Å². The summed E-state index contributed by atoms with van der Waals surface area (Å²) in [5.74, 6) is 0.452. The number of carbonyl (C=O) groups is 1. The Morgan fingerprint density at radius 2 is 2.11 bits per heavy atom. The van der Waals surface area contributed by atoms with Gasteiger partial charge in [0.15, 0.2) is 0 Å². The summed E-state index contributed by atoms with van der Waals surface area (Å²) in [6.07, 6.45) is 0.782. The van der Waals surface area contributed by atoms with E-state index < -0.39 is 0 Å². The maximum atomic E-state index is 13.4. The summed E-state index contributed by atoms with van der Waals surface area (Å²) in [6, 6.07) is 6.93. The van der Waals surface area contributed by atoms with Crippen LogP contribution < -0.4 is 10.2 Å². The van der Waals surface area contributed by atoms with Crippen LogP contribution in [0.15, 0.2) is 24.3 Å². The number of ether oxygens (including phenoxy) is 2. The number of hydrogen-bond donors (Lipinski definition) is 1. The van der Waals surface area contributed by atoms with Crippen LogP contribution >= 0.6 is 0 Å². The molecule has 1 aliphatic heterocycles. The Morgan fingerprint density at radius 3 is 2.86 bits per heavy atom. The number of pyridine rings is 1. The van der Waals surface area contributed by atoms with Gasteiger partial charge >= 0.3 is 0 Å². The van der Waals surface area contributed by atoms with Crippen molar-refractivity contribution in [1.82, 2.24) is 4.98 Å². The van der Waals surface area contributed by atoms with E-state index >= 15 is 0 Å².